The van der Waals surface area contributed by atoms with E-state index in [1.165, 1.54) is 17.5 Å². The first kappa shape index (κ1) is 6.85. The first-order chi connectivity index (χ1) is 6.36. The molecule has 0 fully saturated rings. The fraction of sp³-hybridized carbons (Fsp3) is 0. The molecule has 2 aromatic heterocycles. The molecular weight excluding hydrogens is 186 g/mol. The summed E-state index contributed by atoms with van der Waals surface area (Å²) in [6.07, 6.45) is 1.53. The monoisotopic (exact) mass is 189 g/mol. The van der Waals surface area contributed by atoms with E-state index >= 15 is 0 Å². The molecule has 0 aliphatic carbocycles. The standard InChI is InChI=1S/C8H3N3OS/c12-8-4-3-9-5-1-2-13-7(5)6(4)10-11-8/h1-3H. The zero-order valence-electron chi connectivity index (χ0n) is 6.39. The van der Waals surface area contributed by atoms with Gasteiger partial charge in [0.2, 0.25) is 0 Å². The van der Waals surface area contributed by atoms with Gasteiger partial charge >= 0.3 is 0 Å². The zero-order valence-corrected chi connectivity index (χ0v) is 7.21. The molecule has 3 rings (SSSR count). The molecule has 62 valence electrons. The Morgan fingerprint density at radius 2 is 2.23 bits per heavy atom. The van der Waals surface area contributed by atoms with Crippen LogP contribution in [0.5, 0.6) is 0 Å². The molecule has 0 radical (unpaired) electrons. The Morgan fingerprint density at radius 3 is 3.15 bits per heavy atom. The number of aromatic nitrogens is 1. The lowest BCUT2D eigenvalue weighted by Crippen LogP contribution is -1.89. The van der Waals surface area contributed by atoms with Crippen molar-refractivity contribution in [2.45, 2.75) is 0 Å². The molecule has 3 heterocycles. The summed E-state index contributed by atoms with van der Waals surface area (Å²) in [7, 11) is 0. The Balaban J connectivity index is 2.52. The van der Waals surface area contributed by atoms with Crippen molar-refractivity contribution < 1.29 is 4.79 Å². The van der Waals surface area contributed by atoms with Gasteiger partial charge in [-0.2, -0.15) is 0 Å². The SMILES string of the molecule is O=C1N=Nc2c1cnc1ccsc21. The van der Waals surface area contributed by atoms with E-state index in [0.29, 0.717) is 11.3 Å². The lowest BCUT2D eigenvalue weighted by Gasteiger charge is -1.93. The Kier molecular flexibility index (Phi) is 1.16. The van der Waals surface area contributed by atoms with E-state index < -0.39 is 0 Å². The lowest BCUT2D eigenvalue weighted by atomic mass is 10.2. The molecule has 0 aromatic carbocycles. The Bertz CT molecular complexity index is 543. The second kappa shape index (κ2) is 2.20. The van der Waals surface area contributed by atoms with Crippen LogP contribution in [-0.4, -0.2) is 10.9 Å². The minimum absolute atomic E-state index is 0.294. The van der Waals surface area contributed by atoms with E-state index in [9.17, 15) is 4.79 Å². The van der Waals surface area contributed by atoms with Gasteiger partial charge in [0.25, 0.3) is 5.91 Å². The van der Waals surface area contributed by atoms with Crippen molar-refractivity contribution in [1.82, 2.24) is 4.98 Å². The number of carbonyl (C=O) groups is 1. The number of thiophene rings is 1. The number of hydrogen-bond donors (Lipinski definition) is 0. The number of nitrogens with zero attached hydrogens (tertiary/aromatic N) is 3. The van der Waals surface area contributed by atoms with Crippen LogP contribution in [0.3, 0.4) is 0 Å². The van der Waals surface area contributed by atoms with Gasteiger partial charge in [-0.05, 0) is 11.4 Å². The summed E-state index contributed by atoms with van der Waals surface area (Å²) in [5.41, 5.74) is 2.05. The number of hydrogen-bond acceptors (Lipinski definition) is 4. The van der Waals surface area contributed by atoms with Crippen LogP contribution < -0.4 is 0 Å². The van der Waals surface area contributed by atoms with E-state index in [1.807, 2.05) is 11.4 Å². The molecule has 5 heteroatoms. The summed E-state index contributed by atoms with van der Waals surface area (Å²) < 4.78 is 0.937. The second-order valence-corrected chi connectivity index (χ2v) is 3.58. The van der Waals surface area contributed by atoms with Gasteiger partial charge in [-0.15, -0.1) is 21.6 Å². The van der Waals surface area contributed by atoms with Crippen LogP contribution in [0.1, 0.15) is 10.4 Å². The first-order valence-electron chi connectivity index (χ1n) is 3.68. The largest absolute Gasteiger partial charge is 0.299 e. The highest BCUT2D eigenvalue weighted by Gasteiger charge is 2.20. The third kappa shape index (κ3) is 0.790. The molecule has 0 saturated heterocycles. The number of azo groups is 1. The van der Waals surface area contributed by atoms with Gasteiger partial charge < -0.3 is 0 Å². The van der Waals surface area contributed by atoms with E-state index in [0.717, 1.165) is 10.2 Å². The highest BCUT2D eigenvalue weighted by Crippen LogP contribution is 2.36. The Hall–Kier alpha value is -1.62. The van der Waals surface area contributed by atoms with Gasteiger partial charge in [-0.3, -0.25) is 9.78 Å². The maximum atomic E-state index is 11.1. The maximum absolute atomic E-state index is 11.1. The highest BCUT2D eigenvalue weighted by molar-refractivity contribution is 7.17. The van der Waals surface area contributed by atoms with E-state index in [1.54, 1.807) is 0 Å². The smallest absolute Gasteiger partial charge is 0.265 e. The van der Waals surface area contributed by atoms with Gasteiger partial charge in [-0.1, -0.05) is 0 Å². The third-order valence-electron chi connectivity index (χ3n) is 1.92. The van der Waals surface area contributed by atoms with Crippen molar-refractivity contribution in [2.24, 2.45) is 10.2 Å². The molecule has 0 spiro atoms. The van der Waals surface area contributed by atoms with Crippen molar-refractivity contribution in [3.63, 3.8) is 0 Å². The van der Waals surface area contributed by atoms with Crippen LogP contribution in [0.25, 0.3) is 10.2 Å². The first-order valence-corrected chi connectivity index (χ1v) is 4.56. The Labute approximate surface area is 76.9 Å². The van der Waals surface area contributed by atoms with Crippen LogP contribution in [0, 0.1) is 0 Å². The Morgan fingerprint density at radius 1 is 1.31 bits per heavy atom. The zero-order chi connectivity index (χ0) is 8.84. The number of carbonyl (C=O) groups excluding carboxylic acids is 1. The fourth-order valence-corrected chi connectivity index (χ4v) is 2.14. The summed E-state index contributed by atoms with van der Waals surface area (Å²) in [4.78, 5) is 15.3. The van der Waals surface area contributed by atoms with Crippen LogP contribution in [0.15, 0.2) is 27.9 Å². The van der Waals surface area contributed by atoms with Crippen molar-refractivity contribution >= 4 is 33.1 Å². The molecular formula is C8H3N3OS. The van der Waals surface area contributed by atoms with E-state index in [2.05, 4.69) is 15.2 Å². The molecule has 0 bridgehead atoms. The van der Waals surface area contributed by atoms with Gasteiger partial charge in [0, 0.05) is 6.20 Å². The molecule has 0 atom stereocenters. The highest BCUT2D eigenvalue weighted by atomic mass is 32.1. The van der Waals surface area contributed by atoms with Gasteiger partial charge in [0.15, 0.2) is 0 Å². The van der Waals surface area contributed by atoms with Crippen LogP contribution in [0.2, 0.25) is 0 Å². The van der Waals surface area contributed by atoms with E-state index in [4.69, 9.17) is 0 Å². The topological polar surface area (TPSA) is 54.7 Å². The average Bonchev–Trinajstić information content (AvgIpc) is 2.70. The predicted octanol–water partition coefficient (Wildman–Crippen LogP) is 2.53. The predicted molar refractivity (Wildman–Crippen MR) is 48.5 cm³/mol. The molecule has 1 amide bonds. The third-order valence-corrected chi connectivity index (χ3v) is 2.83. The summed E-state index contributed by atoms with van der Waals surface area (Å²) in [5.74, 6) is -0.294. The summed E-state index contributed by atoms with van der Waals surface area (Å²) in [5, 5.41) is 9.24. The van der Waals surface area contributed by atoms with Crippen LogP contribution >= 0.6 is 11.3 Å². The van der Waals surface area contributed by atoms with Crippen molar-refractivity contribution in [3.05, 3.63) is 23.2 Å². The molecule has 4 nitrogen and oxygen atoms in total. The molecule has 0 unspecified atom stereocenters. The summed E-state index contributed by atoms with van der Waals surface area (Å²) in [6, 6.07) is 1.90. The molecule has 0 saturated carbocycles. The van der Waals surface area contributed by atoms with Crippen LogP contribution in [0.4, 0.5) is 5.69 Å². The number of rotatable bonds is 0. The fourth-order valence-electron chi connectivity index (χ4n) is 1.30. The number of amides is 1. The summed E-state index contributed by atoms with van der Waals surface area (Å²) in [6.45, 7) is 0. The van der Waals surface area contributed by atoms with Crippen molar-refractivity contribution in [2.75, 3.05) is 0 Å². The normalized spacial score (nSPS) is 14.0. The minimum Gasteiger partial charge on any atom is -0.265 e. The molecule has 0 N–H and O–H groups in total. The molecule has 1 aliphatic rings. The van der Waals surface area contributed by atoms with E-state index in [-0.39, 0.29) is 5.91 Å². The van der Waals surface area contributed by atoms with Gasteiger partial charge in [0.1, 0.15) is 5.69 Å². The van der Waals surface area contributed by atoms with Crippen molar-refractivity contribution in [3.8, 4) is 0 Å². The van der Waals surface area contributed by atoms with Gasteiger partial charge in [-0.25, -0.2) is 0 Å². The summed E-state index contributed by atoms with van der Waals surface area (Å²) >= 11 is 1.53. The molecule has 1 aliphatic heterocycles. The second-order valence-electron chi connectivity index (χ2n) is 2.66. The van der Waals surface area contributed by atoms with Crippen molar-refractivity contribution in [1.29, 1.82) is 0 Å². The average molecular weight is 189 g/mol. The quantitative estimate of drug-likeness (QED) is 0.639. The van der Waals surface area contributed by atoms with Crippen LogP contribution in [-0.2, 0) is 0 Å². The molecule has 13 heavy (non-hydrogen) atoms. The number of pyridine rings is 1. The minimum atomic E-state index is -0.294. The number of fused-ring (bicyclic) bond motifs is 3. The lowest BCUT2D eigenvalue weighted by molar-refractivity contribution is 0.100. The maximum Gasteiger partial charge on any atom is 0.299 e. The van der Waals surface area contributed by atoms with Gasteiger partial charge in [0.05, 0.1) is 15.8 Å². The molecule has 2 aromatic rings.